The molecular formula is C20H21NO. The predicted octanol–water partition coefficient (Wildman–Crippen LogP) is 5.47. The zero-order valence-corrected chi connectivity index (χ0v) is 13.1. The molecule has 2 nitrogen and oxygen atoms in total. The fourth-order valence-corrected chi connectivity index (χ4v) is 2.37. The molecule has 0 N–H and O–H groups in total. The van der Waals surface area contributed by atoms with E-state index in [9.17, 15) is 0 Å². The Kier molecular flexibility index (Phi) is 5.21. The van der Waals surface area contributed by atoms with Crippen molar-refractivity contribution in [3.05, 3.63) is 103 Å². The number of benzene rings is 1. The fraction of sp³-hybridized carbons (Fsp3) is 0.100. The molecule has 0 aromatic heterocycles. The summed E-state index contributed by atoms with van der Waals surface area (Å²) in [5.74, 6) is 1.57. The van der Waals surface area contributed by atoms with Gasteiger partial charge in [0.1, 0.15) is 5.76 Å². The highest BCUT2D eigenvalue weighted by Gasteiger charge is 2.27. The summed E-state index contributed by atoms with van der Waals surface area (Å²) in [6, 6.07) is 10.2. The van der Waals surface area contributed by atoms with Crippen molar-refractivity contribution in [1.82, 2.24) is 0 Å². The summed E-state index contributed by atoms with van der Waals surface area (Å²) in [7, 11) is 0. The number of para-hydroxylation sites is 1. The summed E-state index contributed by atoms with van der Waals surface area (Å²) in [6.07, 6.45) is 11.4. The molecule has 1 aliphatic rings. The van der Waals surface area contributed by atoms with Gasteiger partial charge in [-0.25, -0.2) is 0 Å². The highest BCUT2D eigenvalue weighted by atomic mass is 16.5. The van der Waals surface area contributed by atoms with Gasteiger partial charge in [-0.1, -0.05) is 43.5 Å². The molecule has 1 aromatic carbocycles. The molecule has 1 aromatic rings. The van der Waals surface area contributed by atoms with E-state index in [0.29, 0.717) is 0 Å². The van der Waals surface area contributed by atoms with Crippen LogP contribution in [0.3, 0.4) is 0 Å². The van der Waals surface area contributed by atoms with Crippen LogP contribution in [-0.4, -0.2) is 0 Å². The third kappa shape index (κ3) is 2.96. The first-order valence-corrected chi connectivity index (χ1v) is 7.28. The highest BCUT2D eigenvalue weighted by Crippen LogP contribution is 2.36. The Labute approximate surface area is 132 Å². The molecule has 2 rings (SSSR count). The third-order valence-electron chi connectivity index (χ3n) is 3.27. The number of ether oxygens (including phenoxy) is 1. The topological polar surface area (TPSA) is 12.5 Å². The van der Waals surface area contributed by atoms with Crippen LogP contribution in [0.1, 0.15) is 13.8 Å². The van der Waals surface area contributed by atoms with Gasteiger partial charge < -0.3 is 9.64 Å². The van der Waals surface area contributed by atoms with E-state index in [0.717, 1.165) is 28.6 Å². The molecule has 0 fully saturated rings. The van der Waals surface area contributed by atoms with E-state index in [1.54, 1.807) is 6.08 Å². The average molecular weight is 291 g/mol. The van der Waals surface area contributed by atoms with Crippen LogP contribution in [0.15, 0.2) is 103 Å². The lowest BCUT2D eigenvalue weighted by atomic mass is 10.1. The number of hydrogen-bond donors (Lipinski definition) is 0. The second-order valence-corrected chi connectivity index (χ2v) is 4.67. The number of allylic oxidation sites excluding steroid dienone is 6. The number of rotatable bonds is 4. The normalized spacial score (nSPS) is 18.9. The lowest BCUT2D eigenvalue weighted by molar-refractivity contribution is 0.312. The van der Waals surface area contributed by atoms with E-state index in [1.807, 2.05) is 62.4 Å². The van der Waals surface area contributed by atoms with Gasteiger partial charge in [0.25, 0.3) is 0 Å². The summed E-state index contributed by atoms with van der Waals surface area (Å²) in [5, 5.41) is 0. The first kappa shape index (κ1) is 15.6. The summed E-state index contributed by atoms with van der Waals surface area (Å²) in [5.41, 5.74) is 2.89. The molecule has 1 aliphatic heterocycles. The molecule has 0 atom stereocenters. The Morgan fingerprint density at radius 3 is 2.36 bits per heavy atom. The third-order valence-corrected chi connectivity index (χ3v) is 3.27. The largest absolute Gasteiger partial charge is 0.453 e. The van der Waals surface area contributed by atoms with E-state index in [-0.39, 0.29) is 0 Å². The molecule has 0 spiro atoms. The molecule has 0 radical (unpaired) electrons. The van der Waals surface area contributed by atoms with E-state index >= 15 is 0 Å². The molecule has 0 bridgehead atoms. The Morgan fingerprint density at radius 2 is 1.82 bits per heavy atom. The maximum absolute atomic E-state index is 6.02. The predicted molar refractivity (Wildman–Crippen MR) is 94.1 cm³/mol. The number of nitrogens with zero attached hydrogens (tertiary/aromatic N) is 1. The molecule has 1 heterocycles. The van der Waals surface area contributed by atoms with Crippen LogP contribution in [-0.2, 0) is 4.74 Å². The first-order chi connectivity index (χ1) is 10.8. The molecule has 112 valence electrons. The van der Waals surface area contributed by atoms with Gasteiger partial charge >= 0.3 is 0 Å². The Bertz CT molecular complexity index is 675. The van der Waals surface area contributed by atoms with Crippen molar-refractivity contribution in [3.8, 4) is 0 Å². The second kappa shape index (κ2) is 7.32. The molecule has 0 unspecified atom stereocenters. The standard InChI is InChI=1S/C20H21NO/c1-5-12-18-19(8-4)22-20(13-6-2)17(7-3)21(18)16-14-10-9-11-15-16/h5-15H,1,3H2,2,4H3/b13-6-,18-12+,19-8+. The monoisotopic (exact) mass is 291 g/mol. The van der Waals surface area contributed by atoms with E-state index in [1.165, 1.54) is 0 Å². The van der Waals surface area contributed by atoms with Crippen LogP contribution < -0.4 is 4.90 Å². The van der Waals surface area contributed by atoms with Crippen molar-refractivity contribution in [1.29, 1.82) is 0 Å². The van der Waals surface area contributed by atoms with Gasteiger partial charge in [-0.05, 0) is 50.3 Å². The van der Waals surface area contributed by atoms with E-state index in [4.69, 9.17) is 4.74 Å². The van der Waals surface area contributed by atoms with Gasteiger partial charge in [-0.2, -0.15) is 0 Å². The van der Waals surface area contributed by atoms with Crippen LogP contribution in [0.25, 0.3) is 0 Å². The van der Waals surface area contributed by atoms with Crippen LogP contribution in [0, 0.1) is 0 Å². The Hall–Kier alpha value is -2.74. The summed E-state index contributed by atoms with van der Waals surface area (Å²) in [4.78, 5) is 2.13. The zero-order chi connectivity index (χ0) is 15.9. The minimum Gasteiger partial charge on any atom is -0.453 e. The molecule has 2 heteroatoms. The molecule has 22 heavy (non-hydrogen) atoms. The van der Waals surface area contributed by atoms with E-state index < -0.39 is 0 Å². The molecule has 0 aliphatic carbocycles. The Balaban J connectivity index is 2.73. The lowest BCUT2D eigenvalue weighted by Crippen LogP contribution is -2.28. The summed E-state index contributed by atoms with van der Waals surface area (Å²) < 4.78 is 6.02. The smallest absolute Gasteiger partial charge is 0.151 e. The van der Waals surface area contributed by atoms with Gasteiger partial charge in [-0.3, -0.25) is 0 Å². The van der Waals surface area contributed by atoms with Crippen molar-refractivity contribution in [2.45, 2.75) is 13.8 Å². The van der Waals surface area contributed by atoms with Crippen LogP contribution >= 0.6 is 0 Å². The van der Waals surface area contributed by atoms with Gasteiger partial charge in [0.05, 0.1) is 11.4 Å². The molecule has 0 amide bonds. The van der Waals surface area contributed by atoms with Gasteiger partial charge in [0.2, 0.25) is 0 Å². The fourth-order valence-electron chi connectivity index (χ4n) is 2.37. The molecule has 0 saturated carbocycles. The maximum atomic E-state index is 6.02. The lowest BCUT2D eigenvalue weighted by Gasteiger charge is -2.35. The zero-order valence-electron chi connectivity index (χ0n) is 13.1. The Morgan fingerprint density at radius 1 is 1.09 bits per heavy atom. The number of hydrogen-bond acceptors (Lipinski definition) is 2. The summed E-state index contributed by atoms with van der Waals surface area (Å²) in [6.45, 7) is 11.7. The molecule has 0 saturated heterocycles. The summed E-state index contributed by atoms with van der Waals surface area (Å²) >= 11 is 0. The minimum absolute atomic E-state index is 0.774. The first-order valence-electron chi connectivity index (χ1n) is 7.28. The average Bonchev–Trinajstić information content (AvgIpc) is 2.56. The van der Waals surface area contributed by atoms with Crippen molar-refractivity contribution in [2.75, 3.05) is 4.90 Å². The van der Waals surface area contributed by atoms with Crippen molar-refractivity contribution < 1.29 is 4.74 Å². The minimum atomic E-state index is 0.774. The quantitative estimate of drug-likeness (QED) is 0.729. The van der Waals surface area contributed by atoms with Crippen LogP contribution in [0.4, 0.5) is 5.69 Å². The van der Waals surface area contributed by atoms with E-state index in [2.05, 4.69) is 30.2 Å². The SMILES string of the molecule is C=C/C=C1\C(=C/C)OC(/C=C\C)=C(C=C)N1c1ccccc1. The highest BCUT2D eigenvalue weighted by molar-refractivity contribution is 5.67. The molecular weight excluding hydrogens is 270 g/mol. The van der Waals surface area contributed by atoms with Gasteiger partial charge in [-0.15, -0.1) is 0 Å². The van der Waals surface area contributed by atoms with Crippen molar-refractivity contribution in [3.63, 3.8) is 0 Å². The van der Waals surface area contributed by atoms with Gasteiger partial charge in [0.15, 0.2) is 5.76 Å². The van der Waals surface area contributed by atoms with Crippen LogP contribution in [0.5, 0.6) is 0 Å². The maximum Gasteiger partial charge on any atom is 0.151 e. The van der Waals surface area contributed by atoms with Gasteiger partial charge in [0, 0.05) is 5.69 Å². The van der Waals surface area contributed by atoms with Crippen molar-refractivity contribution >= 4 is 5.69 Å². The van der Waals surface area contributed by atoms with Crippen molar-refractivity contribution in [2.24, 2.45) is 0 Å². The number of anilines is 1. The second-order valence-electron chi connectivity index (χ2n) is 4.67. The van der Waals surface area contributed by atoms with Crippen LogP contribution in [0.2, 0.25) is 0 Å².